The second kappa shape index (κ2) is 7.71. The molecule has 0 aliphatic carbocycles. The number of ether oxygens (including phenoxy) is 2. The number of hydrogen-bond acceptors (Lipinski definition) is 6. The highest BCUT2D eigenvalue weighted by Gasteiger charge is 2.37. The van der Waals surface area contributed by atoms with Crippen LogP contribution < -0.4 is 19.9 Å². The quantitative estimate of drug-likeness (QED) is 0.649. The number of tetrazole rings is 1. The van der Waals surface area contributed by atoms with E-state index in [2.05, 4.69) is 41.3 Å². The fourth-order valence-electron chi connectivity index (χ4n) is 4.28. The summed E-state index contributed by atoms with van der Waals surface area (Å²) >= 11 is 0. The Morgan fingerprint density at radius 1 is 1.10 bits per heavy atom. The molecule has 0 unspecified atom stereocenters. The third-order valence-electron chi connectivity index (χ3n) is 5.73. The smallest absolute Gasteiger partial charge is 0.258 e. The first-order chi connectivity index (χ1) is 14.3. The number of pyridine rings is 1. The molecule has 0 radical (unpaired) electrons. The molecule has 1 aliphatic rings. The predicted molar refractivity (Wildman–Crippen MR) is 112 cm³/mol. The molecule has 1 aromatic carbocycles. The lowest BCUT2D eigenvalue weighted by molar-refractivity contribution is -0.914. The lowest BCUT2D eigenvalue weighted by Crippen LogP contribution is -3.10. The van der Waals surface area contributed by atoms with E-state index in [0.717, 1.165) is 31.3 Å². The van der Waals surface area contributed by atoms with E-state index in [-0.39, 0.29) is 17.1 Å². The highest BCUT2D eigenvalue weighted by Crippen LogP contribution is 2.32. The number of quaternary nitrogens is 1. The van der Waals surface area contributed by atoms with Gasteiger partial charge in [-0.25, -0.2) is 4.68 Å². The van der Waals surface area contributed by atoms with Crippen molar-refractivity contribution in [3.63, 3.8) is 0 Å². The molecule has 9 heteroatoms. The van der Waals surface area contributed by atoms with Crippen molar-refractivity contribution in [1.29, 1.82) is 0 Å². The van der Waals surface area contributed by atoms with E-state index < -0.39 is 0 Å². The Balaban J connectivity index is 1.92. The molecule has 0 saturated carbocycles. The third kappa shape index (κ3) is 3.54. The van der Waals surface area contributed by atoms with E-state index in [1.807, 2.05) is 16.8 Å². The number of likely N-dealkylation sites (tertiary alicyclic amines) is 1. The van der Waals surface area contributed by atoms with Gasteiger partial charge in [0.25, 0.3) is 5.56 Å². The van der Waals surface area contributed by atoms with E-state index in [1.165, 1.54) is 4.90 Å². The second-order valence-corrected chi connectivity index (χ2v) is 8.77. The molecule has 0 bridgehead atoms. The summed E-state index contributed by atoms with van der Waals surface area (Å²) < 4.78 is 12.7. The Bertz CT molecular complexity index is 1110. The fraction of sp³-hybridized carbons (Fsp3) is 0.524. The zero-order valence-corrected chi connectivity index (χ0v) is 18.2. The highest BCUT2D eigenvalue weighted by atomic mass is 16.5. The molecule has 1 aliphatic heterocycles. The first-order valence-corrected chi connectivity index (χ1v) is 10.3. The van der Waals surface area contributed by atoms with Crippen LogP contribution in [-0.4, -0.2) is 52.5 Å². The predicted octanol–water partition coefficient (Wildman–Crippen LogP) is 1.05. The van der Waals surface area contributed by atoms with Crippen molar-refractivity contribution in [3.8, 4) is 11.5 Å². The molecule has 160 valence electrons. The molecule has 30 heavy (non-hydrogen) atoms. The summed E-state index contributed by atoms with van der Waals surface area (Å²) in [7, 11) is 3.18. The minimum absolute atomic E-state index is 0.137. The number of rotatable bonds is 5. The topological polar surface area (TPSA) is 99.4 Å². The minimum atomic E-state index is -0.295. The first-order valence-electron chi connectivity index (χ1n) is 10.3. The molecule has 1 saturated heterocycles. The minimum Gasteiger partial charge on any atom is -0.493 e. The van der Waals surface area contributed by atoms with Gasteiger partial charge in [-0.05, 0) is 43.3 Å². The number of nitrogens with one attached hydrogen (secondary N) is 2. The summed E-state index contributed by atoms with van der Waals surface area (Å²) in [5, 5.41) is 13.4. The number of nitrogens with zero attached hydrogens (tertiary/aromatic N) is 4. The van der Waals surface area contributed by atoms with Crippen LogP contribution in [-0.2, 0) is 5.54 Å². The van der Waals surface area contributed by atoms with Crippen molar-refractivity contribution >= 4 is 10.9 Å². The van der Waals surface area contributed by atoms with E-state index in [4.69, 9.17) is 9.47 Å². The zero-order chi connectivity index (χ0) is 21.5. The van der Waals surface area contributed by atoms with Crippen molar-refractivity contribution in [2.24, 2.45) is 0 Å². The largest absolute Gasteiger partial charge is 0.493 e. The molecule has 2 aromatic heterocycles. The van der Waals surface area contributed by atoms with Gasteiger partial charge in [0.15, 0.2) is 17.5 Å². The van der Waals surface area contributed by atoms with Crippen LogP contribution in [0.5, 0.6) is 11.5 Å². The fourth-order valence-corrected chi connectivity index (χ4v) is 4.28. The summed E-state index contributed by atoms with van der Waals surface area (Å²) in [6.45, 7) is 8.14. The molecule has 4 rings (SSSR count). The van der Waals surface area contributed by atoms with Crippen LogP contribution in [0.1, 0.15) is 51.0 Å². The molecule has 3 heterocycles. The molecule has 0 spiro atoms. The van der Waals surface area contributed by atoms with Gasteiger partial charge in [0.1, 0.15) is 0 Å². The van der Waals surface area contributed by atoms with Crippen molar-refractivity contribution in [3.05, 3.63) is 39.9 Å². The number of H-pyrrole nitrogens is 1. The number of hydrogen-bond donors (Lipinski definition) is 2. The van der Waals surface area contributed by atoms with Crippen LogP contribution in [0.15, 0.2) is 23.0 Å². The number of fused-ring (bicyclic) bond motifs is 1. The average Bonchev–Trinajstić information content (AvgIpc) is 3.40. The lowest BCUT2D eigenvalue weighted by Gasteiger charge is -2.27. The van der Waals surface area contributed by atoms with Crippen LogP contribution in [0, 0.1) is 0 Å². The van der Waals surface area contributed by atoms with Gasteiger partial charge in [-0.15, -0.1) is 5.10 Å². The number of methoxy groups -OCH3 is 2. The van der Waals surface area contributed by atoms with Crippen molar-refractivity contribution in [2.45, 2.75) is 45.2 Å². The molecular formula is C21H29N6O3+. The highest BCUT2D eigenvalue weighted by molar-refractivity contribution is 5.83. The van der Waals surface area contributed by atoms with Gasteiger partial charge in [-0.2, -0.15) is 0 Å². The van der Waals surface area contributed by atoms with Crippen LogP contribution in [0.25, 0.3) is 10.9 Å². The van der Waals surface area contributed by atoms with Crippen molar-refractivity contribution in [1.82, 2.24) is 25.2 Å². The van der Waals surface area contributed by atoms with Gasteiger partial charge >= 0.3 is 0 Å². The standard InChI is InChI=1S/C21H28N6O3/c1-21(2,3)27-19(23-24-25-27)18(26-8-6-7-9-26)14-10-13-11-16(29-4)17(30-5)12-15(13)22-20(14)28/h10-12,18H,6-9H2,1-5H3,(H,22,28)/p+1/t18-/m1/s1. The van der Waals surface area contributed by atoms with Gasteiger partial charge in [0.05, 0.1) is 43.9 Å². The number of benzene rings is 1. The first kappa shape index (κ1) is 20.3. The Hall–Kier alpha value is -2.94. The maximum Gasteiger partial charge on any atom is 0.258 e. The van der Waals surface area contributed by atoms with Gasteiger partial charge in [-0.3, -0.25) is 4.79 Å². The molecule has 1 fully saturated rings. The molecular weight excluding hydrogens is 384 g/mol. The molecule has 3 aromatic rings. The SMILES string of the molecule is COc1cc2cc([C@H](c3nnnn3C(C)(C)C)[NH+]3CCCC3)c(=O)[nH]c2cc1OC. The Morgan fingerprint density at radius 2 is 1.77 bits per heavy atom. The van der Waals surface area contributed by atoms with Gasteiger partial charge in [0, 0.05) is 24.3 Å². The van der Waals surface area contributed by atoms with Crippen molar-refractivity contribution in [2.75, 3.05) is 27.3 Å². The monoisotopic (exact) mass is 413 g/mol. The molecule has 1 atom stereocenters. The van der Waals surface area contributed by atoms with E-state index in [1.54, 1.807) is 20.3 Å². The van der Waals surface area contributed by atoms with Crippen LogP contribution in [0.3, 0.4) is 0 Å². The Labute approximate surface area is 175 Å². The summed E-state index contributed by atoms with van der Waals surface area (Å²) in [6, 6.07) is 5.36. The third-order valence-corrected chi connectivity index (χ3v) is 5.73. The maximum atomic E-state index is 13.2. The summed E-state index contributed by atoms with van der Waals surface area (Å²) in [6.07, 6.45) is 2.25. The van der Waals surface area contributed by atoms with E-state index in [9.17, 15) is 4.79 Å². The number of aromatic amines is 1. The maximum absolute atomic E-state index is 13.2. The van der Waals surface area contributed by atoms with Gasteiger partial charge in [0.2, 0.25) is 5.82 Å². The van der Waals surface area contributed by atoms with Gasteiger partial charge < -0.3 is 19.4 Å². The van der Waals surface area contributed by atoms with Crippen molar-refractivity contribution < 1.29 is 14.4 Å². The van der Waals surface area contributed by atoms with E-state index in [0.29, 0.717) is 28.4 Å². The molecule has 9 nitrogen and oxygen atoms in total. The van der Waals surface area contributed by atoms with Crippen LogP contribution in [0.2, 0.25) is 0 Å². The average molecular weight is 414 g/mol. The summed E-state index contributed by atoms with van der Waals surface area (Å²) in [5.41, 5.74) is 0.928. The van der Waals surface area contributed by atoms with Crippen LogP contribution >= 0.6 is 0 Å². The molecule has 2 N–H and O–H groups in total. The lowest BCUT2D eigenvalue weighted by atomic mass is 10.0. The van der Waals surface area contributed by atoms with Crippen LogP contribution in [0.4, 0.5) is 0 Å². The number of aromatic nitrogens is 5. The summed E-state index contributed by atoms with van der Waals surface area (Å²) in [4.78, 5) is 17.6. The summed E-state index contributed by atoms with van der Waals surface area (Å²) in [5.74, 6) is 1.91. The Kier molecular flexibility index (Phi) is 5.23. The molecule has 0 amide bonds. The Morgan fingerprint density at radius 3 is 2.40 bits per heavy atom. The normalized spacial score (nSPS) is 16.2. The van der Waals surface area contributed by atoms with E-state index >= 15 is 0 Å². The van der Waals surface area contributed by atoms with Gasteiger partial charge in [-0.1, -0.05) is 0 Å². The second-order valence-electron chi connectivity index (χ2n) is 8.77. The zero-order valence-electron chi connectivity index (χ0n) is 18.2.